The Hall–Kier alpha value is -2.73. The van der Waals surface area contributed by atoms with E-state index in [4.69, 9.17) is 4.52 Å². The van der Waals surface area contributed by atoms with Crippen LogP contribution in [0.3, 0.4) is 0 Å². The summed E-state index contributed by atoms with van der Waals surface area (Å²) < 4.78 is 5.65. The third-order valence-corrected chi connectivity index (χ3v) is 5.69. The molecule has 6 heteroatoms. The van der Waals surface area contributed by atoms with Gasteiger partial charge in [0.05, 0.1) is 12.7 Å². The summed E-state index contributed by atoms with van der Waals surface area (Å²) in [4.78, 5) is 13.7. The van der Waals surface area contributed by atoms with Crippen LogP contribution in [0.25, 0.3) is 11.3 Å². The average molecular weight is 361 g/mol. The molecule has 0 N–H and O–H groups in total. The van der Waals surface area contributed by atoms with E-state index in [0.29, 0.717) is 12.0 Å². The van der Waals surface area contributed by atoms with Gasteiger partial charge < -0.3 is 9.42 Å². The Labute approximate surface area is 158 Å². The second kappa shape index (κ2) is 7.12. The van der Waals surface area contributed by atoms with Crippen LogP contribution in [-0.2, 0) is 6.54 Å². The number of aromatic nitrogens is 3. The number of fused-ring (bicyclic) bond motifs is 4. The number of nitrogens with zero attached hydrogens (tertiary/aromatic N) is 5. The summed E-state index contributed by atoms with van der Waals surface area (Å²) in [6.45, 7) is 3.96. The van der Waals surface area contributed by atoms with Crippen LogP contribution in [0.2, 0.25) is 0 Å². The summed E-state index contributed by atoms with van der Waals surface area (Å²) in [5.41, 5.74) is 2.01. The summed E-state index contributed by atoms with van der Waals surface area (Å²) in [5, 5.41) is 4.27. The van der Waals surface area contributed by atoms with Gasteiger partial charge in [-0.2, -0.15) is 0 Å². The van der Waals surface area contributed by atoms with Crippen molar-refractivity contribution in [1.82, 2.24) is 20.0 Å². The molecule has 6 rings (SSSR count). The Kier molecular flexibility index (Phi) is 4.33. The zero-order chi connectivity index (χ0) is 18.1. The van der Waals surface area contributed by atoms with Crippen molar-refractivity contribution in [3.63, 3.8) is 0 Å². The molecule has 2 atom stereocenters. The van der Waals surface area contributed by atoms with Gasteiger partial charge >= 0.3 is 0 Å². The summed E-state index contributed by atoms with van der Waals surface area (Å²) in [6, 6.07) is 12.8. The largest absolute Gasteiger partial charge is 0.359 e. The fourth-order valence-corrected chi connectivity index (χ4v) is 4.35. The van der Waals surface area contributed by atoms with Gasteiger partial charge in [0.1, 0.15) is 11.5 Å². The Morgan fingerprint density at radius 1 is 1.04 bits per heavy atom. The molecule has 3 saturated heterocycles. The standard InChI is InChI=1S/C21H23N5O/c1-2-4-17(5-3-1)20-10-19(27-24-20)15-25-12-16-6-7-18(25)14-26(13-16)21-11-22-8-9-23-21/h1-5,8-11,16,18H,6-7,12-15H2/t16-,18-/m1/s1. The van der Waals surface area contributed by atoms with Crippen LogP contribution in [0, 0.1) is 5.92 Å². The Bertz CT molecular complexity index is 882. The van der Waals surface area contributed by atoms with Gasteiger partial charge in [-0.25, -0.2) is 4.98 Å². The molecule has 0 amide bonds. The van der Waals surface area contributed by atoms with E-state index in [9.17, 15) is 0 Å². The van der Waals surface area contributed by atoms with Crippen LogP contribution in [0.5, 0.6) is 0 Å². The normalized spacial score (nSPS) is 22.7. The SMILES string of the molecule is c1ccc(-c2cc(CN3C[C@H]4CC[C@@H]3CN(c3cnccn3)C4)on2)cc1. The molecule has 2 aromatic heterocycles. The van der Waals surface area contributed by atoms with Crippen molar-refractivity contribution in [2.75, 3.05) is 24.5 Å². The molecule has 1 aromatic carbocycles. The molecular formula is C21H23N5O. The Balaban J connectivity index is 1.31. The zero-order valence-corrected chi connectivity index (χ0v) is 15.2. The van der Waals surface area contributed by atoms with Gasteiger partial charge in [0, 0.05) is 49.7 Å². The third-order valence-electron chi connectivity index (χ3n) is 5.69. The first-order chi connectivity index (χ1) is 13.3. The van der Waals surface area contributed by atoms with Crippen LogP contribution in [0.4, 0.5) is 5.82 Å². The molecule has 0 saturated carbocycles. The van der Waals surface area contributed by atoms with Gasteiger partial charge in [-0.3, -0.25) is 9.88 Å². The lowest BCUT2D eigenvalue weighted by molar-refractivity contribution is 0.114. The minimum absolute atomic E-state index is 0.510. The molecule has 2 bridgehead atoms. The number of hydrogen-bond donors (Lipinski definition) is 0. The maximum absolute atomic E-state index is 5.65. The van der Waals surface area contributed by atoms with E-state index in [1.807, 2.05) is 24.4 Å². The molecule has 138 valence electrons. The van der Waals surface area contributed by atoms with Crippen molar-refractivity contribution in [3.8, 4) is 11.3 Å². The second-order valence-electron chi connectivity index (χ2n) is 7.54. The van der Waals surface area contributed by atoms with Crippen molar-refractivity contribution in [3.05, 3.63) is 60.7 Å². The molecule has 3 fully saturated rings. The fourth-order valence-electron chi connectivity index (χ4n) is 4.35. The topological polar surface area (TPSA) is 58.3 Å². The van der Waals surface area contributed by atoms with E-state index < -0.39 is 0 Å². The molecule has 27 heavy (non-hydrogen) atoms. The first-order valence-corrected chi connectivity index (χ1v) is 9.61. The monoisotopic (exact) mass is 361 g/mol. The van der Waals surface area contributed by atoms with Crippen molar-refractivity contribution in [2.24, 2.45) is 5.92 Å². The van der Waals surface area contributed by atoms with Crippen molar-refractivity contribution < 1.29 is 4.52 Å². The van der Waals surface area contributed by atoms with Gasteiger partial charge in [0.25, 0.3) is 0 Å². The van der Waals surface area contributed by atoms with Crippen molar-refractivity contribution in [2.45, 2.75) is 25.4 Å². The highest BCUT2D eigenvalue weighted by Crippen LogP contribution is 2.31. The summed E-state index contributed by atoms with van der Waals surface area (Å²) in [7, 11) is 0. The highest BCUT2D eigenvalue weighted by Gasteiger charge is 2.35. The highest BCUT2D eigenvalue weighted by molar-refractivity contribution is 5.58. The second-order valence-corrected chi connectivity index (χ2v) is 7.54. The predicted molar refractivity (Wildman–Crippen MR) is 103 cm³/mol. The van der Waals surface area contributed by atoms with Crippen molar-refractivity contribution in [1.29, 1.82) is 0 Å². The Morgan fingerprint density at radius 2 is 1.96 bits per heavy atom. The van der Waals surface area contributed by atoms with Crippen LogP contribution >= 0.6 is 0 Å². The summed E-state index contributed by atoms with van der Waals surface area (Å²) >= 11 is 0. The molecule has 0 aliphatic carbocycles. The number of rotatable bonds is 4. The number of hydrogen-bond acceptors (Lipinski definition) is 6. The molecule has 6 nitrogen and oxygen atoms in total. The fraction of sp³-hybridized carbons (Fsp3) is 0.381. The molecule has 0 unspecified atom stereocenters. The molecule has 0 radical (unpaired) electrons. The molecule has 3 aromatic rings. The zero-order valence-electron chi connectivity index (χ0n) is 15.2. The quantitative estimate of drug-likeness (QED) is 0.711. The van der Waals surface area contributed by atoms with Gasteiger partial charge in [0.15, 0.2) is 5.76 Å². The van der Waals surface area contributed by atoms with Crippen LogP contribution in [-0.4, -0.2) is 45.7 Å². The van der Waals surface area contributed by atoms with E-state index in [0.717, 1.165) is 49.0 Å². The molecular weight excluding hydrogens is 338 g/mol. The third kappa shape index (κ3) is 3.45. The maximum atomic E-state index is 5.65. The van der Waals surface area contributed by atoms with E-state index in [2.05, 4.69) is 43.1 Å². The van der Waals surface area contributed by atoms with E-state index in [1.54, 1.807) is 12.4 Å². The lowest BCUT2D eigenvalue weighted by Gasteiger charge is -2.35. The lowest BCUT2D eigenvalue weighted by atomic mass is 9.95. The van der Waals surface area contributed by atoms with Gasteiger partial charge in [0.2, 0.25) is 0 Å². The number of piperidine rings is 1. The number of anilines is 1. The first-order valence-electron chi connectivity index (χ1n) is 9.61. The van der Waals surface area contributed by atoms with E-state index in [-0.39, 0.29) is 0 Å². The van der Waals surface area contributed by atoms with Crippen LogP contribution in [0.1, 0.15) is 18.6 Å². The van der Waals surface area contributed by atoms with Crippen LogP contribution in [0.15, 0.2) is 59.5 Å². The summed E-state index contributed by atoms with van der Waals surface area (Å²) in [6.07, 6.45) is 7.89. The van der Waals surface area contributed by atoms with Gasteiger partial charge in [-0.05, 0) is 18.8 Å². The molecule has 3 aliphatic heterocycles. The number of benzene rings is 1. The van der Waals surface area contributed by atoms with Crippen molar-refractivity contribution >= 4 is 5.82 Å². The maximum Gasteiger partial charge on any atom is 0.151 e. The van der Waals surface area contributed by atoms with Crippen LogP contribution < -0.4 is 4.90 Å². The average Bonchev–Trinajstić information content (AvgIpc) is 3.00. The molecule has 3 aliphatic rings. The highest BCUT2D eigenvalue weighted by atomic mass is 16.5. The summed E-state index contributed by atoms with van der Waals surface area (Å²) in [5.74, 6) is 2.58. The van der Waals surface area contributed by atoms with Gasteiger partial charge in [-0.15, -0.1) is 0 Å². The van der Waals surface area contributed by atoms with Gasteiger partial charge in [-0.1, -0.05) is 35.5 Å². The minimum atomic E-state index is 0.510. The lowest BCUT2D eigenvalue weighted by Crippen LogP contribution is -2.43. The molecule has 0 spiro atoms. The first kappa shape index (κ1) is 16.4. The minimum Gasteiger partial charge on any atom is -0.359 e. The Morgan fingerprint density at radius 3 is 2.81 bits per heavy atom. The smallest absolute Gasteiger partial charge is 0.151 e. The van der Waals surface area contributed by atoms with E-state index in [1.165, 1.54) is 12.8 Å². The molecule has 5 heterocycles. The predicted octanol–water partition coefficient (Wildman–Crippen LogP) is 3.23. The van der Waals surface area contributed by atoms with E-state index >= 15 is 0 Å².